The number of carbonyl (C=O) groups is 1. The van der Waals surface area contributed by atoms with Gasteiger partial charge in [0.05, 0.1) is 21.7 Å². The number of nitrogens with one attached hydrogen (secondary N) is 1. The van der Waals surface area contributed by atoms with E-state index in [9.17, 15) is 9.59 Å². The zero-order valence-corrected chi connectivity index (χ0v) is 18.4. The number of fused-ring (bicyclic) bond motifs is 1. The number of halogens is 2. The van der Waals surface area contributed by atoms with E-state index in [4.69, 9.17) is 11.6 Å². The number of amides is 1. The standard InChI is InChI=1S/C19H18BrClN4O2S/c1-11(2)9-25-18(27)14-7-12(20)3-5-15(14)23-19(25)28-10-17(26)24-16-6-4-13(21)8-22-16/h3-8,11H,9-10H2,1-2H3,(H,22,24,26). The molecule has 3 rings (SSSR count). The minimum atomic E-state index is -0.235. The highest BCUT2D eigenvalue weighted by atomic mass is 79.9. The Balaban J connectivity index is 1.84. The van der Waals surface area contributed by atoms with E-state index in [-0.39, 0.29) is 23.1 Å². The summed E-state index contributed by atoms with van der Waals surface area (Å²) in [5.41, 5.74) is 0.498. The summed E-state index contributed by atoms with van der Waals surface area (Å²) in [6, 6.07) is 8.69. The van der Waals surface area contributed by atoms with Gasteiger partial charge in [-0.05, 0) is 36.2 Å². The van der Waals surface area contributed by atoms with Crippen LogP contribution in [0.3, 0.4) is 0 Å². The van der Waals surface area contributed by atoms with Crippen molar-refractivity contribution in [1.29, 1.82) is 0 Å². The van der Waals surface area contributed by atoms with E-state index < -0.39 is 0 Å². The number of nitrogens with zero attached hydrogens (tertiary/aromatic N) is 3. The number of hydrogen-bond acceptors (Lipinski definition) is 5. The van der Waals surface area contributed by atoms with Crippen LogP contribution >= 0.6 is 39.3 Å². The minimum absolute atomic E-state index is 0.108. The Hall–Kier alpha value is -1.90. The van der Waals surface area contributed by atoms with E-state index in [1.807, 2.05) is 19.9 Å². The number of aromatic nitrogens is 3. The van der Waals surface area contributed by atoms with Gasteiger partial charge in [-0.2, -0.15) is 0 Å². The van der Waals surface area contributed by atoms with E-state index in [0.717, 1.165) is 4.47 Å². The molecular formula is C19H18BrClN4O2S. The van der Waals surface area contributed by atoms with E-state index in [0.29, 0.717) is 33.4 Å². The van der Waals surface area contributed by atoms with E-state index >= 15 is 0 Å². The van der Waals surface area contributed by atoms with Crippen molar-refractivity contribution in [2.24, 2.45) is 5.92 Å². The molecule has 0 atom stereocenters. The lowest BCUT2D eigenvalue weighted by molar-refractivity contribution is -0.113. The fraction of sp³-hybridized carbons (Fsp3) is 0.263. The van der Waals surface area contributed by atoms with Gasteiger partial charge in [0.2, 0.25) is 5.91 Å². The predicted octanol–water partition coefficient (Wildman–Crippen LogP) is 4.59. The summed E-state index contributed by atoms with van der Waals surface area (Å²) >= 11 is 10.4. The van der Waals surface area contributed by atoms with Crippen LogP contribution < -0.4 is 10.9 Å². The van der Waals surface area contributed by atoms with Crippen molar-refractivity contribution in [3.05, 3.63) is 56.4 Å². The van der Waals surface area contributed by atoms with Crippen molar-refractivity contribution in [2.75, 3.05) is 11.1 Å². The molecule has 2 heterocycles. The molecule has 2 aromatic heterocycles. The molecule has 0 unspecified atom stereocenters. The molecule has 0 spiro atoms. The molecule has 28 heavy (non-hydrogen) atoms. The van der Waals surface area contributed by atoms with Gasteiger partial charge < -0.3 is 5.32 Å². The topological polar surface area (TPSA) is 76.9 Å². The first-order valence-corrected chi connectivity index (χ1v) is 10.7. The van der Waals surface area contributed by atoms with Crippen molar-refractivity contribution < 1.29 is 4.79 Å². The number of thioether (sulfide) groups is 1. The molecule has 0 fully saturated rings. The average Bonchev–Trinajstić information content (AvgIpc) is 2.65. The third-order valence-electron chi connectivity index (χ3n) is 3.76. The van der Waals surface area contributed by atoms with Crippen LogP contribution in [-0.2, 0) is 11.3 Å². The van der Waals surface area contributed by atoms with Crippen molar-refractivity contribution >= 4 is 61.9 Å². The maximum atomic E-state index is 13.0. The maximum absolute atomic E-state index is 13.0. The Morgan fingerprint density at radius 2 is 2.11 bits per heavy atom. The van der Waals surface area contributed by atoms with Gasteiger partial charge in [-0.25, -0.2) is 9.97 Å². The highest BCUT2D eigenvalue weighted by Crippen LogP contribution is 2.21. The Morgan fingerprint density at radius 1 is 1.32 bits per heavy atom. The molecule has 0 aliphatic rings. The summed E-state index contributed by atoms with van der Waals surface area (Å²) in [6.45, 7) is 4.59. The van der Waals surface area contributed by atoms with Crippen LogP contribution in [0.25, 0.3) is 10.9 Å². The summed E-state index contributed by atoms with van der Waals surface area (Å²) in [7, 11) is 0. The Bertz CT molecular complexity index is 1070. The van der Waals surface area contributed by atoms with Crippen molar-refractivity contribution in [1.82, 2.24) is 14.5 Å². The molecule has 0 aliphatic carbocycles. The second kappa shape index (κ2) is 9.07. The Morgan fingerprint density at radius 3 is 2.79 bits per heavy atom. The van der Waals surface area contributed by atoms with E-state index in [2.05, 4.69) is 31.2 Å². The maximum Gasteiger partial charge on any atom is 0.262 e. The van der Waals surface area contributed by atoms with Gasteiger partial charge in [-0.1, -0.05) is 53.1 Å². The lowest BCUT2D eigenvalue weighted by Crippen LogP contribution is -2.26. The summed E-state index contributed by atoms with van der Waals surface area (Å²) in [4.78, 5) is 33.9. The summed E-state index contributed by atoms with van der Waals surface area (Å²) in [6.07, 6.45) is 1.47. The second-order valence-electron chi connectivity index (χ2n) is 6.56. The number of anilines is 1. The quantitative estimate of drug-likeness (QED) is 0.411. The van der Waals surface area contributed by atoms with Crippen LogP contribution in [0.2, 0.25) is 5.02 Å². The fourth-order valence-electron chi connectivity index (χ4n) is 2.57. The molecule has 9 heteroatoms. The van der Waals surface area contributed by atoms with Gasteiger partial charge >= 0.3 is 0 Å². The van der Waals surface area contributed by atoms with Crippen LogP contribution in [0.15, 0.2) is 51.0 Å². The first kappa shape index (κ1) is 20.8. The lowest BCUT2D eigenvalue weighted by atomic mass is 10.2. The van der Waals surface area contributed by atoms with Crippen LogP contribution in [0, 0.1) is 5.92 Å². The zero-order chi connectivity index (χ0) is 20.3. The zero-order valence-electron chi connectivity index (χ0n) is 15.3. The van der Waals surface area contributed by atoms with Crippen LogP contribution in [0.4, 0.5) is 5.82 Å². The van der Waals surface area contributed by atoms with Crippen LogP contribution in [0.1, 0.15) is 13.8 Å². The number of rotatable bonds is 6. The number of carbonyl (C=O) groups excluding carboxylic acids is 1. The molecule has 0 bridgehead atoms. The second-order valence-corrected chi connectivity index (χ2v) is 8.86. The van der Waals surface area contributed by atoms with Gasteiger partial charge in [0.1, 0.15) is 5.82 Å². The first-order valence-electron chi connectivity index (χ1n) is 8.58. The highest BCUT2D eigenvalue weighted by Gasteiger charge is 2.15. The molecule has 3 aromatic rings. The predicted molar refractivity (Wildman–Crippen MR) is 117 cm³/mol. The Labute approximate surface area is 179 Å². The molecule has 0 aliphatic heterocycles. The van der Waals surface area contributed by atoms with Gasteiger partial charge in [0.25, 0.3) is 5.56 Å². The molecule has 1 aromatic carbocycles. The number of benzene rings is 1. The van der Waals surface area contributed by atoms with Crippen LogP contribution in [0.5, 0.6) is 0 Å². The molecule has 1 N–H and O–H groups in total. The van der Waals surface area contributed by atoms with Crippen molar-refractivity contribution in [3.63, 3.8) is 0 Å². The molecule has 0 saturated heterocycles. The SMILES string of the molecule is CC(C)Cn1c(SCC(=O)Nc2ccc(Cl)cn2)nc2ccc(Br)cc2c1=O. The van der Waals surface area contributed by atoms with Crippen molar-refractivity contribution in [3.8, 4) is 0 Å². The number of hydrogen-bond donors (Lipinski definition) is 1. The summed E-state index contributed by atoms with van der Waals surface area (Å²) in [5, 5.41) is 4.28. The molecule has 0 saturated carbocycles. The van der Waals surface area contributed by atoms with Gasteiger partial charge in [-0.15, -0.1) is 0 Å². The smallest absolute Gasteiger partial charge is 0.262 e. The molecular weight excluding hydrogens is 464 g/mol. The third-order valence-corrected chi connectivity index (χ3v) is 5.45. The fourth-order valence-corrected chi connectivity index (χ4v) is 3.85. The third kappa shape index (κ3) is 5.12. The highest BCUT2D eigenvalue weighted by molar-refractivity contribution is 9.10. The van der Waals surface area contributed by atoms with Crippen LogP contribution in [-0.4, -0.2) is 26.2 Å². The number of pyridine rings is 1. The molecule has 146 valence electrons. The normalized spacial score (nSPS) is 11.2. The molecule has 1 amide bonds. The minimum Gasteiger partial charge on any atom is -0.310 e. The largest absolute Gasteiger partial charge is 0.310 e. The monoisotopic (exact) mass is 480 g/mol. The lowest BCUT2D eigenvalue weighted by Gasteiger charge is -2.15. The summed E-state index contributed by atoms with van der Waals surface area (Å²) < 4.78 is 2.46. The molecule has 0 radical (unpaired) electrons. The average molecular weight is 482 g/mol. The van der Waals surface area contributed by atoms with Crippen molar-refractivity contribution in [2.45, 2.75) is 25.5 Å². The Kier molecular flexibility index (Phi) is 6.74. The van der Waals surface area contributed by atoms with Gasteiger partial charge in [0.15, 0.2) is 5.16 Å². The van der Waals surface area contributed by atoms with Gasteiger partial charge in [-0.3, -0.25) is 14.2 Å². The molecule has 6 nitrogen and oxygen atoms in total. The first-order chi connectivity index (χ1) is 13.3. The van der Waals surface area contributed by atoms with E-state index in [1.165, 1.54) is 18.0 Å². The van der Waals surface area contributed by atoms with Gasteiger partial charge in [0, 0.05) is 17.2 Å². The van der Waals surface area contributed by atoms with E-state index in [1.54, 1.807) is 28.8 Å². The summed E-state index contributed by atoms with van der Waals surface area (Å²) in [5.74, 6) is 0.555.